The van der Waals surface area contributed by atoms with Gasteiger partial charge in [0.25, 0.3) is 0 Å². The second-order valence-electron chi connectivity index (χ2n) is 4.87. The Morgan fingerprint density at radius 2 is 2.08 bits per heavy atom. The van der Waals surface area contributed by atoms with Crippen LogP contribution in [0, 0.1) is 5.82 Å². The lowest BCUT2D eigenvalue weighted by Gasteiger charge is -2.14. The molecule has 1 aromatic heterocycles. The Morgan fingerprint density at radius 1 is 1.21 bits per heavy atom. The van der Waals surface area contributed by atoms with Gasteiger partial charge in [-0.2, -0.15) is 5.21 Å². The molecular weight excluding hydrogens is 335 g/mol. The van der Waals surface area contributed by atoms with E-state index in [9.17, 15) is 4.39 Å². The summed E-state index contributed by atoms with van der Waals surface area (Å²) in [5.74, 6) is 0.922. The van der Waals surface area contributed by atoms with Crippen LogP contribution in [0.3, 0.4) is 0 Å². The van der Waals surface area contributed by atoms with Crippen molar-refractivity contribution >= 4 is 11.6 Å². The highest BCUT2D eigenvalue weighted by Crippen LogP contribution is 2.39. The standard InChI is InChI=1S/C16H14ClFN4O2/c1-2-23-14-8-11(16-19-21-22-20-16)7-13(17)15(14)24-9-10-4-3-5-12(18)6-10/h3-8H,2,9H2,1H3,(H,19,20,21,22). The van der Waals surface area contributed by atoms with Gasteiger partial charge >= 0.3 is 0 Å². The number of hydrogen-bond donors (Lipinski definition) is 1. The Kier molecular flexibility index (Phi) is 4.90. The minimum Gasteiger partial charge on any atom is -0.490 e. The minimum atomic E-state index is -0.320. The molecule has 6 nitrogen and oxygen atoms in total. The molecule has 24 heavy (non-hydrogen) atoms. The molecule has 1 heterocycles. The van der Waals surface area contributed by atoms with Gasteiger partial charge in [0.2, 0.25) is 5.82 Å². The van der Waals surface area contributed by atoms with Crippen molar-refractivity contribution < 1.29 is 13.9 Å². The first-order valence-electron chi connectivity index (χ1n) is 7.24. The van der Waals surface area contributed by atoms with E-state index in [-0.39, 0.29) is 12.4 Å². The van der Waals surface area contributed by atoms with E-state index in [4.69, 9.17) is 21.1 Å². The Labute approximate surface area is 142 Å². The van der Waals surface area contributed by atoms with Gasteiger partial charge in [0, 0.05) is 5.56 Å². The van der Waals surface area contributed by atoms with Crippen LogP contribution < -0.4 is 9.47 Å². The Morgan fingerprint density at radius 3 is 2.79 bits per heavy atom. The van der Waals surface area contributed by atoms with Gasteiger partial charge in [-0.25, -0.2) is 4.39 Å². The highest BCUT2D eigenvalue weighted by molar-refractivity contribution is 6.32. The van der Waals surface area contributed by atoms with Crippen molar-refractivity contribution in [2.75, 3.05) is 6.61 Å². The largest absolute Gasteiger partial charge is 0.490 e. The predicted molar refractivity (Wildman–Crippen MR) is 86.5 cm³/mol. The van der Waals surface area contributed by atoms with E-state index in [1.165, 1.54) is 12.1 Å². The van der Waals surface area contributed by atoms with E-state index >= 15 is 0 Å². The smallest absolute Gasteiger partial charge is 0.204 e. The van der Waals surface area contributed by atoms with Gasteiger partial charge in [-0.1, -0.05) is 23.7 Å². The molecule has 0 saturated heterocycles. The molecule has 0 aliphatic rings. The Balaban J connectivity index is 1.88. The van der Waals surface area contributed by atoms with Crippen LogP contribution in [0.25, 0.3) is 11.4 Å². The molecule has 0 bridgehead atoms. The summed E-state index contributed by atoms with van der Waals surface area (Å²) in [6.07, 6.45) is 0. The number of hydrogen-bond acceptors (Lipinski definition) is 5. The maximum absolute atomic E-state index is 13.3. The summed E-state index contributed by atoms with van der Waals surface area (Å²) in [7, 11) is 0. The van der Waals surface area contributed by atoms with Crippen molar-refractivity contribution in [2.24, 2.45) is 0 Å². The van der Waals surface area contributed by atoms with Gasteiger partial charge in [-0.05, 0) is 42.0 Å². The highest BCUT2D eigenvalue weighted by atomic mass is 35.5. The van der Waals surface area contributed by atoms with Crippen LogP contribution in [0.1, 0.15) is 12.5 Å². The summed E-state index contributed by atoms with van der Waals surface area (Å²) in [6, 6.07) is 9.56. The predicted octanol–water partition coefficient (Wildman–Crippen LogP) is 3.64. The number of rotatable bonds is 6. The molecule has 0 aliphatic carbocycles. The molecule has 2 aromatic carbocycles. The summed E-state index contributed by atoms with van der Waals surface area (Å²) in [5.41, 5.74) is 1.34. The van der Waals surface area contributed by atoms with E-state index in [1.807, 2.05) is 6.92 Å². The quantitative estimate of drug-likeness (QED) is 0.736. The average molecular weight is 349 g/mol. The number of benzene rings is 2. The average Bonchev–Trinajstić information content (AvgIpc) is 3.09. The maximum atomic E-state index is 13.3. The molecule has 0 fully saturated rings. The molecule has 1 N–H and O–H groups in total. The lowest BCUT2D eigenvalue weighted by Crippen LogP contribution is -2.01. The molecule has 3 aromatic rings. The Hall–Kier alpha value is -2.67. The summed E-state index contributed by atoms with van der Waals surface area (Å²) in [4.78, 5) is 0. The topological polar surface area (TPSA) is 72.9 Å². The first-order valence-corrected chi connectivity index (χ1v) is 7.62. The van der Waals surface area contributed by atoms with Crippen LogP contribution >= 0.6 is 11.6 Å². The van der Waals surface area contributed by atoms with Crippen LogP contribution in [0.15, 0.2) is 36.4 Å². The lowest BCUT2D eigenvalue weighted by atomic mass is 10.2. The molecule has 3 rings (SSSR count). The zero-order valence-corrected chi connectivity index (χ0v) is 13.5. The molecule has 8 heteroatoms. The monoisotopic (exact) mass is 348 g/mol. The molecule has 0 spiro atoms. The number of nitrogens with zero attached hydrogens (tertiary/aromatic N) is 3. The van der Waals surface area contributed by atoms with E-state index in [1.54, 1.807) is 24.3 Å². The van der Waals surface area contributed by atoms with Crippen molar-refractivity contribution in [2.45, 2.75) is 13.5 Å². The first-order chi connectivity index (χ1) is 11.7. The Bertz CT molecular complexity index is 827. The second kappa shape index (κ2) is 7.27. The molecule has 0 amide bonds. The zero-order valence-electron chi connectivity index (χ0n) is 12.8. The van der Waals surface area contributed by atoms with Gasteiger partial charge in [-0.3, -0.25) is 0 Å². The second-order valence-corrected chi connectivity index (χ2v) is 5.28. The minimum absolute atomic E-state index is 0.166. The molecule has 0 saturated carbocycles. The maximum Gasteiger partial charge on any atom is 0.204 e. The summed E-state index contributed by atoms with van der Waals surface area (Å²) in [5, 5.41) is 14.1. The number of H-pyrrole nitrogens is 1. The number of nitrogens with one attached hydrogen (secondary N) is 1. The van der Waals surface area contributed by atoms with Crippen molar-refractivity contribution in [3.05, 3.63) is 52.8 Å². The molecule has 0 unspecified atom stereocenters. The van der Waals surface area contributed by atoms with Crippen molar-refractivity contribution in [1.82, 2.24) is 20.6 Å². The van der Waals surface area contributed by atoms with Crippen LogP contribution in [-0.4, -0.2) is 27.2 Å². The third-order valence-electron chi connectivity index (χ3n) is 3.19. The molecular formula is C16H14ClFN4O2. The zero-order chi connectivity index (χ0) is 16.9. The number of ether oxygens (including phenoxy) is 2. The number of halogens is 2. The van der Waals surface area contributed by atoms with Gasteiger partial charge in [0.15, 0.2) is 11.5 Å². The SMILES string of the molecule is CCOc1cc(-c2nn[nH]n2)cc(Cl)c1OCc1cccc(F)c1. The van der Waals surface area contributed by atoms with Gasteiger partial charge in [-0.15, -0.1) is 10.2 Å². The fourth-order valence-corrected chi connectivity index (χ4v) is 2.43. The van der Waals surface area contributed by atoms with Crippen LogP contribution in [0.5, 0.6) is 11.5 Å². The molecule has 0 radical (unpaired) electrons. The molecule has 0 aliphatic heterocycles. The number of aromatic amines is 1. The fourth-order valence-electron chi connectivity index (χ4n) is 2.17. The summed E-state index contributed by atoms with van der Waals surface area (Å²) >= 11 is 6.32. The molecule has 124 valence electrons. The van der Waals surface area contributed by atoms with Crippen molar-refractivity contribution in [3.63, 3.8) is 0 Å². The van der Waals surface area contributed by atoms with Crippen molar-refractivity contribution in [1.29, 1.82) is 0 Å². The van der Waals surface area contributed by atoms with E-state index in [0.717, 1.165) is 0 Å². The summed E-state index contributed by atoms with van der Waals surface area (Å²) < 4.78 is 24.6. The highest BCUT2D eigenvalue weighted by Gasteiger charge is 2.15. The van der Waals surface area contributed by atoms with Crippen LogP contribution in [-0.2, 0) is 6.61 Å². The normalized spacial score (nSPS) is 10.6. The van der Waals surface area contributed by atoms with Gasteiger partial charge in [0.05, 0.1) is 11.6 Å². The van der Waals surface area contributed by atoms with E-state index in [2.05, 4.69) is 20.6 Å². The third-order valence-corrected chi connectivity index (χ3v) is 3.47. The lowest BCUT2D eigenvalue weighted by molar-refractivity contribution is 0.269. The third kappa shape index (κ3) is 3.62. The van der Waals surface area contributed by atoms with Crippen LogP contribution in [0.2, 0.25) is 5.02 Å². The van der Waals surface area contributed by atoms with Gasteiger partial charge < -0.3 is 9.47 Å². The number of tetrazole rings is 1. The van der Waals surface area contributed by atoms with Crippen molar-refractivity contribution in [3.8, 4) is 22.9 Å². The number of aromatic nitrogens is 4. The van der Waals surface area contributed by atoms with Gasteiger partial charge in [0.1, 0.15) is 12.4 Å². The summed E-state index contributed by atoms with van der Waals surface area (Å²) in [6.45, 7) is 2.45. The van der Waals surface area contributed by atoms with Crippen LogP contribution in [0.4, 0.5) is 4.39 Å². The van der Waals surface area contributed by atoms with E-state index < -0.39 is 0 Å². The first kappa shape index (κ1) is 16.2. The molecule has 0 atom stereocenters. The van der Waals surface area contributed by atoms with E-state index in [0.29, 0.717) is 40.1 Å². The fraction of sp³-hybridized carbons (Fsp3) is 0.188.